The lowest BCUT2D eigenvalue weighted by Gasteiger charge is -2.19. The first-order valence-electron chi connectivity index (χ1n) is 5.24. The minimum Gasteiger partial charge on any atom is -0.468 e. The van der Waals surface area contributed by atoms with E-state index in [0.717, 1.165) is 11.3 Å². The Morgan fingerprint density at radius 2 is 2.11 bits per heavy atom. The highest BCUT2D eigenvalue weighted by molar-refractivity contribution is 9.11. The van der Waals surface area contributed by atoms with Gasteiger partial charge in [-0.2, -0.15) is 4.72 Å². The normalized spacial score (nSPS) is 13.6. The Morgan fingerprint density at radius 3 is 2.47 bits per heavy atom. The lowest BCUT2D eigenvalue weighted by atomic mass is 10.1. The zero-order valence-electron chi connectivity index (χ0n) is 10.4. The molecule has 0 saturated heterocycles. The molecule has 0 unspecified atom stereocenters. The lowest BCUT2D eigenvalue weighted by molar-refractivity contribution is -0.143. The van der Waals surface area contributed by atoms with Crippen LogP contribution in [0.3, 0.4) is 0 Å². The lowest BCUT2D eigenvalue weighted by Crippen LogP contribution is -2.44. The van der Waals surface area contributed by atoms with E-state index in [4.69, 9.17) is 11.6 Å². The van der Waals surface area contributed by atoms with Gasteiger partial charge in [0.25, 0.3) is 10.0 Å². The van der Waals surface area contributed by atoms with Crippen molar-refractivity contribution in [3.63, 3.8) is 0 Å². The predicted molar refractivity (Wildman–Crippen MR) is 78.0 cm³/mol. The molecule has 1 rings (SSSR count). The topological polar surface area (TPSA) is 72.5 Å². The zero-order chi connectivity index (χ0) is 14.8. The van der Waals surface area contributed by atoms with Gasteiger partial charge in [0, 0.05) is 0 Å². The summed E-state index contributed by atoms with van der Waals surface area (Å²) in [4.78, 5) is 11.6. The second-order valence-electron chi connectivity index (χ2n) is 4.05. The third-order valence-electron chi connectivity index (χ3n) is 2.29. The van der Waals surface area contributed by atoms with Gasteiger partial charge in [-0.1, -0.05) is 25.4 Å². The summed E-state index contributed by atoms with van der Waals surface area (Å²) < 4.78 is 31.8. The molecule has 0 bridgehead atoms. The SMILES string of the molecule is COC(=O)[C@@H](NS(=O)(=O)c1cc(Cl)c(Br)s1)C(C)C. The van der Waals surface area contributed by atoms with Crippen LogP contribution >= 0.6 is 38.9 Å². The summed E-state index contributed by atoms with van der Waals surface area (Å²) in [5.74, 6) is -0.860. The fraction of sp³-hybridized carbons (Fsp3) is 0.500. The summed E-state index contributed by atoms with van der Waals surface area (Å²) in [7, 11) is -2.60. The summed E-state index contributed by atoms with van der Waals surface area (Å²) in [6, 6.07) is 0.391. The molecule has 0 amide bonds. The largest absolute Gasteiger partial charge is 0.468 e. The van der Waals surface area contributed by atoms with Crippen LogP contribution in [0.15, 0.2) is 14.1 Å². The van der Waals surface area contributed by atoms with Crippen molar-refractivity contribution in [2.75, 3.05) is 7.11 Å². The average molecular weight is 391 g/mol. The monoisotopic (exact) mass is 389 g/mol. The molecule has 0 aromatic carbocycles. The number of methoxy groups -OCH3 is 1. The summed E-state index contributed by atoms with van der Waals surface area (Å²) in [5.41, 5.74) is 0. The van der Waals surface area contributed by atoms with E-state index >= 15 is 0 Å². The van der Waals surface area contributed by atoms with Crippen LogP contribution in [0.4, 0.5) is 0 Å². The van der Waals surface area contributed by atoms with Gasteiger partial charge in [-0.25, -0.2) is 8.42 Å². The molecule has 1 aromatic rings. The first kappa shape index (κ1) is 16.9. The number of ether oxygens (including phenoxy) is 1. The molecule has 19 heavy (non-hydrogen) atoms. The number of hydrogen-bond donors (Lipinski definition) is 1. The van der Waals surface area contributed by atoms with Crippen LogP contribution in [0, 0.1) is 5.92 Å². The molecule has 0 spiro atoms. The van der Waals surface area contributed by atoms with Gasteiger partial charge in [-0.3, -0.25) is 4.79 Å². The van der Waals surface area contributed by atoms with Crippen LogP contribution < -0.4 is 4.72 Å². The molecule has 0 fully saturated rings. The molecule has 1 atom stereocenters. The number of nitrogens with one attached hydrogen (secondary N) is 1. The van der Waals surface area contributed by atoms with Crippen LogP contribution in [0.25, 0.3) is 0 Å². The first-order valence-corrected chi connectivity index (χ1v) is 8.71. The Hall–Kier alpha value is -0.150. The Bertz CT molecular complexity index is 551. The van der Waals surface area contributed by atoms with Gasteiger partial charge >= 0.3 is 5.97 Å². The molecule has 0 aliphatic carbocycles. The maximum atomic E-state index is 12.1. The molecular weight excluding hydrogens is 378 g/mol. The van der Waals surface area contributed by atoms with E-state index < -0.39 is 22.0 Å². The van der Waals surface area contributed by atoms with Gasteiger partial charge in [0.2, 0.25) is 0 Å². The second kappa shape index (κ2) is 6.53. The quantitative estimate of drug-likeness (QED) is 0.785. The highest BCUT2D eigenvalue weighted by atomic mass is 79.9. The van der Waals surface area contributed by atoms with Gasteiger partial charge in [-0.05, 0) is 27.9 Å². The molecule has 9 heteroatoms. The van der Waals surface area contributed by atoms with Crippen LogP contribution in [-0.4, -0.2) is 27.5 Å². The summed E-state index contributed by atoms with van der Waals surface area (Å²) in [6.07, 6.45) is 0. The fourth-order valence-electron chi connectivity index (χ4n) is 1.27. The van der Waals surface area contributed by atoms with Crippen molar-refractivity contribution >= 4 is 54.9 Å². The second-order valence-corrected chi connectivity index (χ2v) is 8.77. The van der Waals surface area contributed by atoms with Crippen molar-refractivity contribution in [3.8, 4) is 0 Å². The van der Waals surface area contributed by atoms with Gasteiger partial charge in [-0.15, -0.1) is 11.3 Å². The number of halogens is 2. The van der Waals surface area contributed by atoms with E-state index in [1.165, 1.54) is 13.2 Å². The molecule has 5 nitrogen and oxygen atoms in total. The minimum atomic E-state index is -3.81. The standard InChI is InChI=1S/C10H13BrClNO4S2/c1-5(2)8(10(14)17-3)13-19(15,16)7-4-6(12)9(11)18-7/h4-5,8,13H,1-3H3/t8-/m0/s1. The third-order valence-corrected chi connectivity index (χ3v) is 6.68. The zero-order valence-corrected chi connectivity index (χ0v) is 14.4. The Labute approximate surface area is 129 Å². The molecule has 0 saturated carbocycles. The number of rotatable bonds is 5. The Kier molecular flexibility index (Phi) is 5.81. The Morgan fingerprint density at radius 1 is 1.53 bits per heavy atom. The van der Waals surface area contributed by atoms with Crippen molar-refractivity contribution in [2.24, 2.45) is 5.92 Å². The molecular formula is C10H13BrClNO4S2. The van der Waals surface area contributed by atoms with Crippen LogP contribution in [0.5, 0.6) is 0 Å². The van der Waals surface area contributed by atoms with E-state index in [-0.39, 0.29) is 10.1 Å². The van der Waals surface area contributed by atoms with Crippen LogP contribution in [-0.2, 0) is 19.6 Å². The van der Waals surface area contributed by atoms with Crippen molar-refractivity contribution in [3.05, 3.63) is 14.9 Å². The van der Waals surface area contributed by atoms with E-state index in [9.17, 15) is 13.2 Å². The molecule has 0 radical (unpaired) electrons. The minimum absolute atomic E-state index is 0.0407. The number of esters is 1. The van der Waals surface area contributed by atoms with E-state index in [1.54, 1.807) is 13.8 Å². The first-order chi connectivity index (χ1) is 8.69. The molecule has 108 valence electrons. The molecule has 0 aliphatic rings. The predicted octanol–water partition coefficient (Wildman–Crippen LogP) is 2.64. The number of carbonyl (C=O) groups excluding carboxylic acids is 1. The Balaban J connectivity index is 3.04. The maximum absolute atomic E-state index is 12.1. The van der Waals surface area contributed by atoms with Gasteiger partial charge in [0.05, 0.1) is 15.9 Å². The van der Waals surface area contributed by atoms with Crippen molar-refractivity contribution in [1.82, 2.24) is 4.72 Å². The number of sulfonamides is 1. The third kappa shape index (κ3) is 4.16. The smallest absolute Gasteiger partial charge is 0.324 e. The van der Waals surface area contributed by atoms with E-state index in [0.29, 0.717) is 8.81 Å². The molecule has 1 aromatic heterocycles. The molecule has 1 heterocycles. The van der Waals surface area contributed by atoms with Crippen LogP contribution in [0.2, 0.25) is 5.02 Å². The number of thiophene rings is 1. The van der Waals surface area contributed by atoms with Gasteiger partial charge < -0.3 is 4.74 Å². The van der Waals surface area contributed by atoms with E-state index in [2.05, 4.69) is 25.4 Å². The van der Waals surface area contributed by atoms with Gasteiger partial charge in [0.1, 0.15) is 10.3 Å². The van der Waals surface area contributed by atoms with Crippen molar-refractivity contribution in [2.45, 2.75) is 24.1 Å². The van der Waals surface area contributed by atoms with Gasteiger partial charge in [0.15, 0.2) is 0 Å². The summed E-state index contributed by atoms with van der Waals surface area (Å²) in [6.45, 7) is 3.45. The van der Waals surface area contributed by atoms with E-state index in [1.807, 2.05) is 0 Å². The molecule has 1 N–H and O–H groups in total. The average Bonchev–Trinajstić information content (AvgIpc) is 2.66. The summed E-state index contributed by atoms with van der Waals surface area (Å²) in [5, 5.41) is 0.310. The molecule has 0 aliphatic heterocycles. The van der Waals surface area contributed by atoms with Crippen molar-refractivity contribution < 1.29 is 17.9 Å². The number of hydrogen-bond acceptors (Lipinski definition) is 5. The maximum Gasteiger partial charge on any atom is 0.324 e. The fourth-order valence-corrected chi connectivity index (χ4v) is 5.02. The number of carbonyl (C=O) groups is 1. The highest BCUT2D eigenvalue weighted by Gasteiger charge is 2.30. The summed E-state index contributed by atoms with van der Waals surface area (Å²) >= 11 is 9.93. The highest BCUT2D eigenvalue weighted by Crippen LogP contribution is 2.34. The van der Waals surface area contributed by atoms with Crippen molar-refractivity contribution in [1.29, 1.82) is 0 Å². The van der Waals surface area contributed by atoms with Crippen LogP contribution in [0.1, 0.15) is 13.8 Å².